The van der Waals surface area contributed by atoms with E-state index in [2.05, 4.69) is 36.4 Å². The van der Waals surface area contributed by atoms with Crippen LogP contribution in [-0.4, -0.2) is 122 Å². The predicted octanol–water partition coefficient (Wildman–Crippen LogP) is 5.58. The first-order valence-electron chi connectivity index (χ1n) is 20.4. The number of thiazole rings is 1. The van der Waals surface area contributed by atoms with Gasteiger partial charge in [-0.05, 0) is 56.7 Å². The number of hydrogen-bond donors (Lipinski definition) is 2. The normalized spacial score (nSPS) is 19.4. The van der Waals surface area contributed by atoms with Gasteiger partial charge in [0.25, 0.3) is 0 Å². The minimum atomic E-state index is -0.750. The summed E-state index contributed by atoms with van der Waals surface area (Å²) in [4.78, 5) is 66.1. The summed E-state index contributed by atoms with van der Waals surface area (Å²) in [7, 11) is 8.71. The average molecular weight is 799 g/mol. The highest BCUT2D eigenvalue weighted by Crippen LogP contribution is 2.30. The van der Waals surface area contributed by atoms with Gasteiger partial charge in [-0.1, -0.05) is 91.6 Å². The number of nitrogens with one attached hydrogen (secondary N) is 2. The second-order valence-electron chi connectivity index (χ2n) is 16.2. The smallest absolute Gasteiger partial charge is 0.245 e. The molecular formula is C43H70N6O6S. The van der Waals surface area contributed by atoms with Gasteiger partial charge in [-0.2, -0.15) is 0 Å². The Morgan fingerprint density at radius 3 is 2.12 bits per heavy atom. The van der Waals surface area contributed by atoms with Crippen LogP contribution in [-0.2, 0) is 35.1 Å². The van der Waals surface area contributed by atoms with Gasteiger partial charge in [-0.3, -0.25) is 24.1 Å². The molecule has 1 fully saturated rings. The van der Waals surface area contributed by atoms with Crippen molar-refractivity contribution >= 4 is 35.0 Å². The van der Waals surface area contributed by atoms with Gasteiger partial charge in [0.15, 0.2) is 0 Å². The predicted molar refractivity (Wildman–Crippen MR) is 223 cm³/mol. The van der Waals surface area contributed by atoms with Crippen molar-refractivity contribution < 1.29 is 28.7 Å². The Morgan fingerprint density at radius 2 is 1.59 bits per heavy atom. The van der Waals surface area contributed by atoms with Crippen LogP contribution < -0.4 is 10.6 Å². The van der Waals surface area contributed by atoms with E-state index in [0.717, 1.165) is 29.8 Å². The molecule has 1 saturated heterocycles. The van der Waals surface area contributed by atoms with Gasteiger partial charge in [-0.15, -0.1) is 11.3 Å². The second kappa shape index (κ2) is 22.5. The first-order valence-corrected chi connectivity index (χ1v) is 21.3. The Morgan fingerprint density at radius 1 is 0.929 bits per heavy atom. The highest BCUT2D eigenvalue weighted by atomic mass is 32.1. The lowest BCUT2D eigenvalue weighted by atomic mass is 9.89. The van der Waals surface area contributed by atoms with Gasteiger partial charge >= 0.3 is 0 Å². The number of aromatic nitrogens is 1. The number of amides is 4. The average Bonchev–Trinajstić information content (AvgIpc) is 3.90. The van der Waals surface area contributed by atoms with Crippen LogP contribution in [0.1, 0.15) is 97.2 Å². The molecule has 0 aliphatic carbocycles. The Kier molecular flexibility index (Phi) is 18.9. The molecule has 4 amide bonds. The fraction of sp³-hybridized carbons (Fsp3) is 0.698. The minimum absolute atomic E-state index is 0.00802. The molecule has 1 aromatic heterocycles. The number of hydrogen-bond acceptors (Lipinski definition) is 9. The quantitative estimate of drug-likeness (QED) is 0.158. The Balaban J connectivity index is 1.79. The monoisotopic (exact) mass is 799 g/mol. The lowest BCUT2D eigenvalue weighted by Crippen LogP contribution is -2.59. The molecule has 1 aliphatic heterocycles. The number of methoxy groups -OCH3 is 2. The third-order valence-corrected chi connectivity index (χ3v) is 12.7. The third-order valence-electron chi connectivity index (χ3n) is 11.8. The molecule has 0 unspecified atom stereocenters. The molecule has 0 saturated carbocycles. The van der Waals surface area contributed by atoms with Crippen LogP contribution in [0.2, 0.25) is 0 Å². The van der Waals surface area contributed by atoms with Crippen molar-refractivity contribution in [1.82, 2.24) is 30.3 Å². The Labute approximate surface area is 340 Å². The Bertz CT molecular complexity index is 1510. The zero-order valence-electron chi connectivity index (χ0n) is 36.0. The third kappa shape index (κ3) is 12.1. The van der Waals surface area contributed by atoms with E-state index in [1.807, 2.05) is 87.3 Å². The molecule has 2 aromatic rings. The van der Waals surface area contributed by atoms with Crippen LogP contribution >= 0.6 is 11.3 Å². The molecule has 56 heavy (non-hydrogen) atoms. The van der Waals surface area contributed by atoms with Crippen molar-refractivity contribution in [3.05, 3.63) is 52.5 Å². The van der Waals surface area contributed by atoms with Crippen molar-refractivity contribution in [3.8, 4) is 0 Å². The number of likely N-dealkylation sites (tertiary alicyclic amines) is 1. The zero-order valence-corrected chi connectivity index (χ0v) is 36.8. The lowest BCUT2D eigenvalue weighted by Gasteiger charge is -2.41. The fourth-order valence-electron chi connectivity index (χ4n) is 8.26. The van der Waals surface area contributed by atoms with E-state index in [0.29, 0.717) is 19.4 Å². The van der Waals surface area contributed by atoms with E-state index in [1.165, 1.54) is 11.3 Å². The fourth-order valence-corrected chi connectivity index (χ4v) is 8.95. The number of nitrogens with zero attached hydrogens (tertiary/aromatic N) is 4. The summed E-state index contributed by atoms with van der Waals surface area (Å²) in [6, 6.07) is 7.85. The lowest BCUT2D eigenvalue weighted by molar-refractivity contribution is -0.148. The van der Waals surface area contributed by atoms with E-state index in [9.17, 15) is 19.2 Å². The van der Waals surface area contributed by atoms with E-state index in [1.54, 1.807) is 32.4 Å². The van der Waals surface area contributed by atoms with Gasteiger partial charge in [0.2, 0.25) is 23.6 Å². The summed E-state index contributed by atoms with van der Waals surface area (Å²) < 4.78 is 12.1. The maximum absolute atomic E-state index is 14.3. The first kappa shape index (κ1) is 47.0. The zero-order chi connectivity index (χ0) is 41.7. The molecule has 0 radical (unpaired) electrons. The molecule has 1 aliphatic rings. The number of rotatable bonds is 22. The summed E-state index contributed by atoms with van der Waals surface area (Å²) in [5.74, 6) is -1.28. The van der Waals surface area contributed by atoms with Crippen LogP contribution in [0.4, 0.5) is 0 Å². The standard InChI is InChI=1S/C43H70N6O6S/c1-13-28(5)37(48(10)43(53)36(27(3)4)46-41(52)38(47(8)9)29(6)14-2)34(54-11)26-35(50)49-23-18-21-33(49)39(55-12)30(7)40(51)45-32(42-44-22-24-56-42)25-31-19-16-15-17-20-31/h15-17,19-20,22,24,27-30,32-34,36-39H,13-14,18,21,23,25-26H2,1-12H3,(H,45,51)(H,46,52)/t28-,29-,30+,32-,33-,34+,36-,37-,38-,39+/m0/s1. The van der Waals surface area contributed by atoms with Crippen LogP contribution in [0.15, 0.2) is 41.9 Å². The summed E-state index contributed by atoms with van der Waals surface area (Å²) in [6.45, 7) is 14.5. The Hall–Kier alpha value is -3.39. The molecule has 12 nitrogen and oxygen atoms in total. The summed E-state index contributed by atoms with van der Waals surface area (Å²) in [5.41, 5.74) is 1.09. The minimum Gasteiger partial charge on any atom is -0.379 e. The van der Waals surface area contributed by atoms with Crippen molar-refractivity contribution in [1.29, 1.82) is 0 Å². The SMILES string of the molecule is CC[C@H](C)[C@@H]([C@@H](CC(=O)N1CCC[C@H]1[C@H](OC)[C@@H](C)C(=O)N[C@@H](Cc1ccccc1)c1nccs1)OC)N(C)C(=O)[C@@H](NC(=O)[C@H]([C@@H](C)CC)N(C)C)C(C)C. The highest BCUT2D eigenvalue weighted by Gasteiger charge is 2.43. The van der Waals surface area contributed by atoms with Crippen LogP contribution in [0.5, 0.6) is 0 Å². The molecular weight excluding hydrogens is 729 g/mol. The number of likely N-dealkylation sites (N-methyl/N-ethyl adjacent to an activating group) is 2. The molecule has 13 heteroatoms. The van der Waals surface area contributed by atoms with Crippen molar-refractivity contribution in [2.24, 2.45) is 23.7 Å². The number of benzene rings is 1. The maximum Gasteiger partial charge on any atom is 0.245 e. The van der Waals surface area contributed by atoms with Crippen LogP contribution in [0, 0.1) is 23.7 Å². The van der Waals surface area contributed by atoms with Gasteiger partial charge in [-0.25, -0.2) is 4.98 Å². The number of carbonyl (C=O) groups is 4. The molecule has 314 valence electrons. The van der Waals surface area contributed by atoms with E-state index >= 15 is 0 Å². The molecule has 1 aromatic carbocycles. The first-order chi connectivity index (χ1) is 26.6. The molecule has 2 heterocycles. The maximum atomic E-state index is 14.3. The van der Waals surface area contributed by atoms with Crippen LogP contribution in [0.25, 0.3) is 0 Å². The summed E-state index contributed by atoms with van der Waals surface area (Å²) in [6.07, 6.45) is 4.32. The van der Waals surface area contributed by atoms with E-state index < -0.39 is 30.2 Å². The summed E-state index contributed by atoms with van der Waals surface area (Å²) >= 11 is 1.51. The van der Waals surface area contributed by atoms with Crippen molar-refractivity contribution in [3.63, 3.8) is 0 Å². The highest BCUT2D eigenvalue weighted by molar-refractivity contribution is 7.09. The van der Waals surface area contributed by atoms with Crippen LogP contribution in [0.3, 0.4) is 0 Å². The number of ether oxygens (including phenoxy) is 2. The van der Waals surface area contributed by atoms with E-state index in [4.69, 9.17) is 9.47 Å². The molecule has 0 spiro atoms. The van der Waals surface area contributed by atoms with Gasteiger partial charge in [0.1, 0.15) is 11.0 Å². The van der Waals surface area contributed by atoms with Gasteiger partial charge < -0.3 is 29.9 Å². The van der Waals surface area contributed by atoms with Crippen molar-refractivity contribution in [2.75, 3.05) is 41.9 Å². The largest absolute Gasteiger partial charge is 0.379 e. The topological polar surface area (TPSA) is 133 Å². The molecule has 0 bridgehead atoms. The molecule has 10 atom stereocenters. The summed E-state index contributed by atoms with van der Waals surface area (Å²) in [5, 5.41) is 9.06. The van der Waals surface area contributed by atoms with E-state index in [-0.39, 0.29) is 65.9 Å². The number of carbonyl (C=O) groups excluding carboxylic acids is 4. The van der Waals surface area contributed by atoms with Gasteiger partial charge in [0.05, 0.1) is 48.7 Å². The molecule has 3 rings (SSSR count). The van der Waals surface area contributed by atoms with Crippen molar-refractivity contribution in [2.45, 2.75) is 129 Å². The second-order valence-corrected chi connectivity index (χ2v) is 17.2. The van der Waals surface area contributed by atoms with Gasteiger partial charge in [0, 0.05) is 39.4 Å². The molecule has 2 N–H and O–H groups in total.